The number of rotatable bonds is 3. The van der Waals surface area contributed by atoms with Gasteiger partial charge in [-0.15, -0.1) is 0 Å². The van der Waals surface area contributed by atoms with Gasteiger partial charge < -0.3 is 0 Å². The zero-order valence-electron chi connectivity index (χ0n) is 8.91. The van der Waals surface area contributed by atoms with Gasteiger partial charge in [-0.3, -0.25) is 9.63 Å². The summed E-state index contributed by atoms with van der Waals surface area (Å²) in [6, 6.07) is 5.15. The molecular weight excluding hydrogens is 249 g/mol. The lowest BCUT2D eigenvalue weighted by Gasteiger charge is -2.10. The van der Waals surface area contributed by atoms with Gasteiger partial charge in [0.25, 0.3) is 5.91 Å². The third-order valence-corrected chi connectivity index (χ3v) is 2.64. The van der Waals surface area contributed by atoms with E-state index in [0.29, 0.717) is 15.6 Å². The molecule has 0 heterocycles. The van der Waals surface area contributed by atoms with Crippen LogP contribution in [-0.4, -0.2) is 25.1 Å². The van der Waals surface area contributed by atoms with Gasteiger partial charge in [-0.1, -0.05) is 29.3 Å². The predicted molar refractivity (Wildman–Crippen MR) is 65.3 cm³/mol. The Morgan fingerprint density at radius 2 is 1.94 bits per heavy atom. The van der Waals surface area contributed by atoms with E-state index in [2.05, 4.69) is 0 Å². The first-order chi connectivity index (χ1) is 7.56. The van der Waals surface area contributed by atoms with Crippen LogP contribution in [0.3, 0.4) is 0 Å². The lowest BCUT2D eigenvalue weighted by molar-refractivity contribution is -0.162. The Morgan fingerprint density at radius 3 is 2.44 bits per heavy atom. The summed E-state index contributed by atoms with van der Waals surface area (Å²) >= 11 is 11.9. The molecule has 5 heteroatoms. The number of hydroxylamine groups is 2. The summed E-state index contributed by atoms with van der Waals surface area (Å²) < 4.78 is 0. The topological polar surface area (TPSA) is 29.5 Å². The van der Waals surface area contributed by atoms with Crippen LogP contribution in [0.5, 0.6) is 0 Å². The van der Waals surface area contributed by atoms with Crippen LogP contribution in [0.4, 0.5) is 0 Å². The molecule has 16 heavy (non-hydrogen) atoms. The second kappa shape index (κ2) is 5.89. The third-order valence-electron chi connectivity index (χ3n) is 1.98. The van der Waals surface area contributed by atoms with Crippen LogP contribution in [0.1, 0.15) is 5.56 Å². The van der Waals surface area contributed by atoms with Gasteiger partial charge in [-0.2, -0.15) is 0 Å². The zero-order valence-corrected chi connectivity index (χ0v) is 10.4. The number of carbonyl (C=O) groups excluding carboxylic acids is 1. The van der Waals surface area contributed by atoms with Crippen molar-refractivity contribution in [3.63, 3.8) is 0 Å². The first-order valence-corrected chi connectivity index (χ1v) is 5.25. The van der Waals surface area contributed by atoms with Gasteiger partial charge in [-0.05, 0) is 18.2 Å². The van der Waals surface area contributed by atoms with Crippen molar-refractivity contribution in [2.75, 3.05) is 14.2 Å². The van der Waals surface area contributed by atoms with Gasteiger partial charge in [0.15, 0.2) is 0 Å². The first-order valence-electron chi connectivity index (χ1n) is 4.50. The van der Waals surface area contributed by atoms with Crippen LogP contribution >= 0.6 is 23.2 Å². The van der Waals surface area contributed by atoms with Crippen molar-refractivity contribution >= 4 is 35.2 Å². The summed E-state index contributed by atoms with van der Waals surface area (Å²) in [5.41, 5.74) is 0.615. The predicted octanol–water partition coefficient (Wildman–Crippen LogP) is 3.03. The third kappa shape index (κ3) is 3.23. The molecule has 0 atom stereocenters. The number of benzene rings is 1. The molecule has 3 nitrogen and oxygen atoms in total. The van der Waals surface area contributed by atoms with E-state index in [1.165, 1.54) is 20.2 Å². The van der Waals surface area contributed by atoms with Crippen molar-refractivity contribution in [1.82, 2.24) is 5.06 Å². The second-order valence-corrected chi connectivity index (χ2v) is 3.80. The molecule has 0 fully saturated rings. The van der Waals surface area contributed by atoms with Crippen LogP contribution in [0.15, 0.2) is 24.3 Å². The normalized spacial score (nSPS) is 10.8. The average molecular weight is 260 g/mol. The fourth-order valence-corrected chi connectivity index (χ4v) is 1.54. The first kappa shape index (κ1) is 13.0. The van der Waals surface area contributed by atoms with E-state index in [1.807, 2.05) is 0 Å². The molecular formula is C11H11Cl2NO2. The fraction of sp³-hybridized carbons (Fsp3) is 0.182. The summed E-state index contributed by atoms with van der Waals surface area (Å²) in [4.78, 5) is 16.1. The molecule has 0 aliphatic rings. The molecule has 0 saturated heterocycles. The number of carbonyl (C=O) groups is 1. The standard InChI is InChI=1S/C11H11Cl2NO2/c1-14(16-2)11(15)7-6-8-9(12)4-3-5-10(8)13/h3-7H,1-2H3/b7-6+. The molecule has 0 saturated carbocycles. The molecule has 1 aromatic carbocycles. The minimum atomic E-state index is -0.293. The average Bonchev–Trinajstić information content (AvgIpc) is 2.27. The summed E-state index contributed by atoms with van der Waals surface area (Å²) in [6.07, 6.45) is 2.90. The van der Waals surface area contributed by atoms with Crippen molar-refractivity contribution in [1.29, 1.82) is 0 Å². The van der Waals surface area contributed by atoms with E-state index in [1.54, 1.807) is 24.3 Å². The lowest BCUT2D eigenvalue weighted by Crippen LogP contribution is -2.22. The Hall–Kier alpha value is -1.03. The molecule has 1 rings (SSSR count). The largest absolute Gasteiger partial charge is 0.274 e. The summed E-state index contributed by atoms with van der Waals surface area (Å²) in [5.74, 6) is -0.293. The highest BCUT2D eigenvalue weighted by molar-refractivity contribution is 6.37. The summed E-state index contributed by atoms with van der Waals surface area (Å²) in [5, 5.41) is 2.09. The molecule has 0 radical (unpaired) electrons. The van der Waals surface area contributed by atoms with Crippen molar-refractivity contribution in [3.8, 4) is 0 Å². The highest BCUT2D eigenvalue weighted by Crippen LogP contribution is 2.25. The molecule has 0 aliphatic carbocycles. The smallest absolute Gasteiger partial charge is 0.269 e. The van der Waals surface area contributed by atoms with Crippen LogP contribution < -0.4 is 0 Å². The van der Waals surface area contributed by atoms with Gasteiger partial charge in [0.05, 0.1) is 7.11 Å². The van der Waals surface area contributed by atoms with Crippen molar-refractivity contribution < 1.29 is 9.63 Å². The van der Waals surface area contributed by atoms with E-state index in [4.69, 9.17) is 28.0 Å². The Kier molecular flexibility index (Phi) is 4.80. The quantitative estimate of drug-likeness (QED) is 0.617. The molecule has 0 bridgehead atoms. The maximum Gasteiger partial charge on any atom is 0.269 e. The lowest BCUT2D eigenvalue weighted by atomic mass is 10.2. The Balaban J connectivity index is 2.88. The van der Waals surface area contributed by atoms with E-state index in [9.17, 15) is 4.79 Å². The van der Waals surface area contributed by atoms with Gasteiger partial charge in [0.2, 0.25) is 0 Å². The van der Waals surface area contributed by atoms with Crippen molar-refractivity contribution in [2.45, 2.75) is 0 Å². The maximum atomic E-state index is 11.4. The molecule has 0 aliphatic heterocycles. The van der Waals surface area contributed by atoms with E-state index >= 15 is 0 Å². The maximum absolute atomic E-state index is 11.4. The molecule has 1 aromatic rings. The molecule has 0 N–H and O–H groups in total. The Bertz CT molecular complexity index is 398. The minimum Gasteiger partial charge on any atom is -0.274 e. The number of hydrogen-bond donors (Lipinski definition) is 0. The number of amides is 1. The number of likely N-dealkylation sites (N-methyl/N-ethyl adjacent to an activating group) is 1. The van der Waals surface area contributed by atoms with Crippen LogP contribution in [0, 0.1) is 0 Å². The summed E-state index contributed by atoms with van der Waals surface area (Å²) in [7, 11) is 2.93. The SMILES string of the molecule is CON(C)C(=O)/C=C/c1c(Cl)cccc1Cl. The van der Waals surface area contributed by atoms with Crippen LogP contribution in [0.2, 0.25) is 10.0 Å². The second-order valence-electron chi connectivity index (χ2n) is 2.99. The highest BCUT2D eigenvalue weighted by Gasteiger charge is 2.05. The minimum absolute atomic E-state index is 0.293. The fourth-order valence-electron chi connectivity index (χ4n) is 1.02. The molecule has 0 spiro atoms. The van der Waals surface area contributed by atoms with Crippen molar-refractivity contribution in [2.24, 2.45) is 0 Å². The molecule has 0 unspecified atom stereocenters. The van der Waals surface area contributed by atoms with E-state index < -0.39 is 0 Å². The molecule has 1 amide bonds. The van der Waals surface area contributed by atoms with Gasteiger partial charge in [0.1, 0.15) is 0 Å². The number of nitrogens with zero attached hydrogens (tertiary/aromatic N) is 1. The molecule has 86 valence electrons. The van der Waals surface area contributed by atoms with Crippen molar-refractivity contribution in [3.05, 3.63) is 39.9 Å². The zero-order chi connectivity index (χ0) is 12.1. The number of halogens is 2. The van der Waals surface area contributed by atoms with Gasteiger partial charge in [-0.25, -0.2) is 5.06 Å². The van der Waals surface area contributed by atoms with Gasteiger partial charge >= 0.3 is 0 Å². The van der Waals surface area contributed by atoms with Crippen LogP contribution in [0.25, 0.3) is 6.08 Å². The highest BCUT2D eigenvalue weighted by atomic mass is 35.5. The van der Waals surface area contributed by atoms with Crippen LogP contribution in [-0.2, 0) is 9.63 Å². The Morgan fingerprint density at radius 1 is 1.38 bits per heavy atom. The molecule has 0 aromatic heterocycles. The Labute approximate surface area is 104 Å². The summed E-state index contributed by atoms with van der Waals surface area (Å²) in [6.45, 7) is 0. The monoisotopic (exact) mass is 259 g/mol. The van der Waals surface area contributed by atoms with E-state index in [-0.39, 0.29) is 5.91 Å². The van der Waals surface area contributed by atoms with Gasteiger partial charge in [0, 0.05) is 28.7 Å². The number of hydrogen-bond acceptors (Lipinski definition) is 2. The van der Waals surface area contributed by atoms with E-state index in [0.717, 1.165) is 5.06 Å².